The molecular formula is C16H28N2O. The van der Waals surface area contributed by atoms with Crippen molar-refractivity contribution in [2.45, 2.75) is 39.7 Å². The van der Waals surface area contributed by atoms with Gasteiger partial charge in [-0.05, 0) is 56.8 Å². The molecule has 108 valence electrons. The summed E-state index contributed by atoms with van der Waals surface area (Å²) in [5, 5.41) is 3.53. The van der Waals surface area contributed by atoms with E-state index in [1.165, 1.54) is 25.9 Å². The van der Waals surface area contributed by atoms with Gasteiger partial charge in [0.1, 0.15) is 5.76 Å². The maximum atomic E-state index is 5.40. The van der Waals surface area contributed by atoms with Crippen molar-refractivity contribution in [2.75, 3.05) is 26.2 Å². The number of furan rings is 1. The summed E-state index contributed by atoms with van der Waals surface area (Å²) in [6, 6.07) is 4.29. The monoisotopic (exact) mass is 264 g/mol. The third kappa shape index (κ3) is 4.36. The van der Waals surface area contributed by atoms with Crippen LogP contribution in [0.15, 0.2) is 22.8 Å². The van der Waals surface area contributed by atoms with E-state index in [0.717, 1.165) is 30.7 Å². The highest BCUT2D eigenvalue weighted by atomic mass is 16.3. The minimum Gasteiger partial charge on any atom is -0.468 e. The molecule has 0 saturated carbocycles. The molecule has 0 amide bonds. The Morgan fingerprint density at radius 2 is 2.05 bits per heavy atom. The van der Waals surface area contributed by atoms with Gasteiger partial charge in [-0.1, -0.05) is 13.8 Å². The number of nitrogens with one attached hydrogen (secondary N) is 1. The van der Waals surface area contributed by atoms with Gasteiger partial charge in [0.2, 0.25) is 0 Å². The van der Waals surface area contributed by atoms with Gasteiger partial charge >= 0.3 is 0 Å². The normalized spacial score (nSPS) is 20.0. The van der Waals surface area contributed by atoms with Crippen LogP contribution in [0, 0.1) is 11.8 Å². The van der Waals surface area contributed by atoms with E-state index in [0.29, 0.717) is 6.04 Å². The van der Waals surface area contributed by atoms with Crippen LogP contribution >= 0.6 is 0 Å². The quantitative estimate of drug-likeness (QED) is 0.854. The van der Waals surface area contributed by atoms with Crippen LogP contribution in [-0.4, -0.2) is 31.1 Å². The van der Waals surface area contributed by atoms with E-state index in [1.54, 1.807) is 6.26 Å². The van der Waals surface area contributed by atoms with Crippen molar-refractivity contribution in [3.05, 3.63) is 24.2 Å². The smallest absolute Gasteiger partial charge is 0.120 e. The fourth-order valence-electron chi connectivity index (χ4n) is 2.92. The molecule has 0 bridgehead atoms. The van der Waals surface area contributed by atoms with Gasteiger partial charge in [-0.25, -0.2) is 0 Å². The van der Waals surface area contributed by atoms with E-state index in [9.17, 15) is 0 Å². The second-order valence-electron chi connectivity index (χ2n) is 6.11. The zero-order chi connectivity index (χ0) is 13.7. The summed E-state index contributed by atoms with van der Waals surface area (Å²) < 4.78 is 5.40. The second kappa shape index (κ2) is 7.11. The van der Waals surface area contributed by atoms with Crippen LogP contribution in [0.25, 0.3) is 0 Å². The molecule has 0 spiro atoms. The molecule has 1 atom stereocenters. The summed E-state index contributed by atoms with van der Waals surface area (Å²) in [6.07, 6.45) is 4.47. The van der Waals surface area contributed by atoms with Crippen LogP contribution in [0.1, 0.15) is 45.4 Å². The number of nitrogens with zero attached hydrogens (tertiary/aromatic N) is 1. The molecule has 1 aromatic heterocycles. The highest BCUT2D eigenvalue weighted by Crippen LogP contribution is 2.24. The standard InChI is InChI=1S/C16H28N2O/c1-13(2)15-6-9-18(10-7-15)11-8-17-14(3)16-5-4-12-19-16/h4-5,12-15,17H,6-11H2,1-3H3. The van der Waals surface area contributed by atoms with Crippen molar-refractivity contribution in [3.63, 3.8) is 0 Å². The van der Waals surface area contributed by atoms with Crippen molar-refractivity contribution >= 4 is 0 Å². The first-order valence-corrected chi connectivity index (χ1v) is 7.66. The van der Waals surface area contributed by atoms with Gasteiger partial charge in [0.05, 0.1) is 12.3 Å². The van der Waals surface area contributed by atoms with Gasteiger partial charge in [0.25, 0.3) is 0 Å². The Morgan fingerprint density at radius 1 is 1.32 bits per heavy atom. The van der Waals surface area contributed by atoms with Crippen LogP contribution in [0.4, 0.5) is 0 Å². The SMILES string of the molecule is CC(NCCN1CCC(C(C)C)CC1)c1ccco1. The van der Waals surface area contributed by atoms with Gasteiger partial charge < -0.3 is 14.6 Å². The molecule has 1 aliphatic heterocycles. The molecule has 1 aliphatic rings. The lowest BCUT2D eigenvalue weighted by Gasteiger charge is -2.34. The molecule has 0 radical (unpaired) electrons. The highest BCUT2D eigenvalue weighted by Gasteiger charge is 2.21. The lowest BCUT2D eigenvalue weighted by atomic mass is 9.87. The van der Waals surface area contributed by atoms with Crippen LogP contribution in [0.2, 0.25) is 0 Å². The maximum absolute atomic E-state index is 5.40. The minimum absolute atomic E-state index is 0.309. The Labute approximate surface area is 117 Å². The molecule has 0 aliphatic carbocycles. The molecule has 2 heterocycles. The number of hydrogen-bond donors (Lipinski definition) is 1. The predicted molar refractivity (Wildman–Crippen MR) is 79.1 cm³/mol. The van der Waals surface area contributed by atoms with E-state index >= 15 is 0 Å². The summed E-state index contributed by atoms with van der Waals surface area (Å²) in [6.45, 7) is 11.6. The van der Waals surface area contributed by atoms with Crippen LogP contribution in [-0.2, 0) is 0 Å². The van der Waals surface area contributed by atoms with E-state index < -0.39 is 0 Å². The molecule has 3 heteroatoms. The first-order chi connectivity index (χ1) is 9.16. The molecular weight excluding hydrogens is 236 g/mol. The molecule has 2 rings (SSSR count). The van der Waals surface area contributed by atoms with E-state index in [4.69, 9.17) is 4.42 Å². The lowest BCUT2D eigenvalue weighted by Crippen LogP contribution is -2.39. The minimum atomic E-state index is 0.309. The Kier molecular flexibility index (Phi) is 5.46. The molecule has 0 aromatic carbocycles. The van der Waals surface area contributed by atoms with Crippen LogP contribution < -0.4 is 5.32 Å². The number of rotatable bonds is 6. The second-order valence-corrected chi connectivity index (χ2v) is 6.11. The van der Waals surface area contributed by atoms with E-state index in [2.05, 4.69) is 31.0 Å². The van der Waals surface area contributed by atoms with Gasteiger partial charge in [-0.3, -0.25) is 0 Å². The van der Waals surface area contributed by atoms with Gasteiger partial charge in [0.15, 0.2) is 0 Å². The summed E-state index contributed by atoms with van der Waals surface area (Å²) in [5.74, 6) is 2.81. The fourth-order valence-corrected chi connectivity index (χ4v) is 2.92. The zero-order valence-corrected chi connectivity index (χ0v) is 12.6. The molecule has 1 saturated heterocycles. The van der Waals surface area contributed by atoms with Gasteiger partial charge in [-0.2, -0.15) is 0 Å². The zero-order valence-electron chi connectivity index (χ0n) is 12.6. The lowest BCUT2D eigenvalue weighted by molar-refractivity contribution is 0.157. The topological polar surface area (TPSA) is 28.4 Å². The van der Waals surface area contributed by atoms with Crippen molar-refractivity contribution in [1.29, 1.82) is 0 Å². The summed E-state index contributed by atoms with van der Waals surface area (Å²) in [5.41, 5.74) is 0. The Hall–Kier alpha value is -0.800. The number of hydrogen-bond acceptors (Lipinski definition) is 3. The third-order valence-corrected chi connectivity index (χ3v) is 4.42. The Balaban J connectivity index is 1.62. The Morgan fingerprint density at radius 3 is 2.63 bits per heavy atom. The van der Waals surface area contributed by atoms with Gasteiger partial charge in [0, 0.05) is 13.1 Å². The summed E-state index contributed by atoms with van der Waals surface area (Å²) >= 11 is 0. The van der Waals surface area contributed by atoms with Crippen LogP contribution in [0.3, 0.4) is 0 Å². The average Bonchev–Trinajstić information content (AvgIpc) is 2.93. The van der Waals surface area contributed by atoms with E-state index in [-0.39, 0.29) is 0 Å². The fraction of sp³-hybridized carbons (Fsp3) is 0.750. The summed E-state index contributed by atoms with van der Waals surface area (Å²) in [7, 11) is 0. The Bertz CT molecular complexity index is 340. The van der Waals surface area contributed by atoms with E-state index in [1.807, 2.05) is 12.1 Å². The largest absolute Gasteiger partial charge is 0.468 e. The number of likely N-dealkylation sites (tertiary alicyclic amines) is 1. The third-order valence-electron chi connectivity index (χ3n) is 4.42. The molecule has 3 nitrogen and oxygen atoms in total. The first-order valence-electron chi connectivity index (χ1n) is 7.66. The first kappa shape index (κ1) is 14.6. The maximum Gasteiger partial charge on any atom is 0.120 e. The molecule has 1 unspecified atom stereocenters. The molecule has 1 fully saturated rings. The van der Waals surface area contributed by atoms with Gasteiger partial charge in [-0.15, -0.1) is 0 Å². The number of piperidine rings is 1. The van der Waals surface area contributed by atoms with Crippen molar-refractivity contribution in [1.82, 2.24) is 10.2 Å². The highest BCUT2D eigenvalue weighted by molar-refractivity contribution is 5.02. The van der Waals surface area contributed by atoms with Crippen molar-refractivity contribution < 1.29 is 4.42 Å². The van der Waals surface area contributed by atoms with Crippen LogP contribution in [0.5, 0.6) is 0 Å². The summed E-state index contributed by atoms with van der Waals surface area (Å²) in [4.78, 5) is 2.58. The average molecular weight is 264 g/mol. The molecule has 19 heavy (non-hydrogen) atoms. The molecule has 1 N–H and O–H groups in total. The van der Waals surface area contributed by atoms with Crippen molar-refractivity contribution in [3.8, 4) is 0 Å². The molecule has 1 aromatic rings. The predicted octanol–water partition coefficient (Wildman–Crippen LogP) is 3.30. The van der Waals surface area contributed by atoms with Crippen molar-refractivity contribution in [2.24, 2.45) is 11.8 Å².